The van der Waals surface area contributed by atoms with E-state index in [0.29, 0.717) is 35.7 Å². The summed E-state index contributed by atoms with van der Waals surface area (Å²) in [5, 5.41) is 14.1. The van der Waals surface area contributed by atoms with Gasteiger partial charge in [-0.2, -0.15) is 10.4 Å². The molecule has 172 valence electrons. The van der Waals surface area contributed by atoms with E-state index in [1.54, 1.807) is 35.0 Å². The number of benzene rings is 3. The molecular formula is C26H24N4O3S. The number of sulfonamides is 1. The highest BCUT2D eigenvalue weighted by Gasteiger charge is 2.17. The van der Waals surface area contributed by atoms with Gasteiger partial charge in [-0.15, -0.1) is 0 Å². The first kappa shape index (κ1) is 23.2. The number of hydrogen-bond acceptors (Lipinski definition) is 5. The molecule has 0 aliphatic carbocycles. The van der Waals surface area contributed by atoms with Gasteiger partial charge >= 0.3 is 0 Å². The first-order chi connectivity index (χ1) is 16.5. The smallest absolute Gasteiger partial charge is 0.240 e. The summed E-state index contributed by atoms with van der Waals surface area (Å²) in [5.41, 5.74) is 3.68. The maximum Gasteiger partial charge on any atom is 0.240 e. The Morgan fingerprint density at radius 2 is 1.62 bits per heavy atom. The van der Waals surface area contributed by atoms with Gasteiger partial charge in [0, 0.05) is 6.54 Å². The maximum atomic E-state index is 12.3. The van der Waals surface area contributed by atoms with Crippen LogP contribution in [0.3, 0.4) is 0 Å². The topological polar surface area (TPSA) is 97.0 Å². The van der Waals surface area contributed by atoms with Gasteiger partial charge in [0.1, 0.15) is 24.0 Å². The Balaban J connectivity index is 1.38. The molecule has 34 heavy (non-hydrogen) atoms. The Labute approximate surface area is 199 Å². The quantitative estimate of drug-likeness (QED) is 0.395. The minimum atomic E-state index is -3.52. The zero-order valence-corrected chi connectivity index (χ0v) is 19.5. The van der Waals surface area contributed by atoms with Crippen LogP contribution < -0.4 is 9.46 Å². The van der Waals surface area contributed by atoms with Crippen LogP contribution in [-0.4, -0.2) is 24.7 Å². The highest BCUT2D eigenvalue weighted by molar-refractivity contribution is 7.89. The van der Waals surface area contributed by atoms with Crippen LogP contribution in [0.2, 0.25) is 0 Å². The number of nitrogens with one attached hydrogen (secondary N) is 1. The monoisotopic (exact) mass is 472 g/mol. The highest BCUT2D eigenvalue weighted by atomic mass is 32.2. The number of para-hydroxylation sites is 1. The number of nitrogens with zero attached hydrogens (tertiary/aromatic N) is 3. The lowest BCUT2D eigenvalue weighted by Gasteiger charge is -2.11. The summed E-state index contributed by atoms with van der Waals surface area (Å²) in [6, 6.07) is 27.6. The molecule has 0 bridgehead atoms. The molecule has 0 unspecified atom stereocenters. The normalized spacial score (nSPS) is 11.2. The van der Waals surface area contributed by atoms with Gasteiger partial charge in [0.15, 0.2) is 0 Å². The minimum absolute atomic E-state index is 0.189. The number of nitriles is 1. The van der Waals surface area contributed by atoms with Crippen molar-refractivity contribution in [3.05, 3.63) is 107 Å². The molecule has 1 N–H and O–H groups in total. The fraction of sp³-hybridized carbons (Fsp3) is 0.154. The van der Waals surface area contributed by atoms with Crippen molar-refractivity contribution in [2.45, 2.75) is 24.8 Å². The van der Waals surface area contributed by atoms with Crippen LogP contribution in [0.15, 0.2) is 89.8 Å². The van der Waals surface area contributed by atoms with Crippen molar-refractivity contribution in [3.63, 3.8) is 0 Å². The summed E-state index contributed by atoms with van der Waals surface area (Å²) in [5.74, 6) is 0.649. The van der Waals surface area contributed by atoms with Crippen molar-refractivity contribution in [3.8, 4) is 17.5 Å². The van der Waals surface area contributed by atoms with Crippen LogP contribution in [0.4, 0.5) is 0 Å². The van der Waals surface area contributed by atoms with E-state index in [9.17, 15) is 13.7 Å². The van der Waals surface area contributed by atoms with E-state index in [1.165, 1.54) is 0 Å². The lowest BCUT2D eigenvalue weighted by molar-refractivity contribution is 0.297. The third-order valence-electron chi connectivity index (χ3n) is 5.33. The molecule has 0 amide bonds. The largest absolute Gasteiger partial charge is 0.487 e. The Hall–Kier alpha value is -3.93. The predicted octanol–water partition coefficient (Wildman–Crippen LogP) is 4.15. The fourth-order valence-electron chi connectivity index (χ4n) is 3.55. The molecule has 0 saturated carbocycles. The predicted molar refractivity (Wildman–Crippen MR) is 129 cm³/mol. The first-order valence-electron chi connectivity index (χ1n) is 10.8. The van der Waals surface area contributed by atoms with Gasteiger partial charge in [0.2, 0.25) is 10.0 Å². The van der Waals surface area contributed by atoms with Crippen LogP contribution in [0, 0.1) is 18.3 Å². The fourth-order valence-corrected chi connectivity index (χ4v) is 4.61. The number of aryl methyl sites for hydroxylation is 1. The summed E-state index contributed by atoms with van der Waals surface area (Å²) in [4.78, 5) is 0.250. The van der Waals surface area contributed by atoms with Gasteiger partial charge < -0.3 is 4.74 Å². The summed E-state index contributed by atoms with van der Waals surface area (Å²) in [6.45, 7) is 2.29. The van der Waals surface area contributed by atoms with E-state index >= 15 is 0 Å². The van der Waals surface area contributed by atoms with Crippen molar-refractivity contribution in [1.29, 1.82) is 5.26 Å². The zero-order chi connectivity index (χ0) is 24.0. The SMILES string of the molecule is Cc1nn(-c2ccccc2)c(COc2ccc(CCNS(=O)(=O)c3ccccc3)cc2)c1C#N. The van der Waals surface area contributed by atoms with Gasteiger partial charge in [0.05, 0.1) is 22.0 Å². The van der Waals surface area contributed by atoms with E-state index in [4.69, 9.17) is 4.74 Å². The summed E-state index contributed by atoms with van der Waals surface area (Å²) < 4.78 is 35.0. The molecule has 8 heteroatoms. The standard InChI is InChI=1S/C26H24N4O3S/c1-20-25(18-27)26(30(29-20)22-8-4-2-5-9-22)19-33-23-14-12-21(13-15-23)16-17-28-34(31,32)24-10-6-3-7-11-24/h2-15,28H,16-17,19H2,1H3. The lowest BCUT2D eigenvalue weighted by atomic mass is 10.1. The molecule has 4 rings (SSSR count). The van der Waals surface area contributed by atoms with Gasteiger partial charge in [0.25, 0.3) is 0 Å². The lowest BCUT2D eigenvalue weighted by Crippen LogP contribution is -2.25. The van der Waals surface area contributed by atoms with Crippen LogP contribution >= 0.6 is 0 Å². The number of ether oxygens (including phenoxy) is 1. The highest BCUT2D eigenvalue weighted by Crippen LogP contribution is 2.21. The average molecular weight is 473 g/mol. The first-order valence-corrected chi connectivity index (χ1v) is 12.3. The maximum absolute atomic E-state index is 12.3. The van der Waals surface area contributed by atoms with Gasteiger partial charge in [-0.1, -0.05) is 48.5 Å². The van der Waals surface area contributed by atoms with E-state index in [0.717, 1.165) is 11.3 Å². The van der Waals surface area contributed by atoms with Crippen LogP contribution in [0.5, 0.6) is 5.75 Å². The molecular weight excluding hydrogens is 448 g/mol. The minimum Gasteiger partial charge on any atom is -0.487 e. The summed E-state index contributed by atoms with van der Waals surface area (Å²) in [7, 11) is -3.52. The van der Waals surface area contributed by atoms with E-state index in [2.05, 4.69) is 15.9 Å². The molecule has 0 radical (unpaired) electrons. The Kier molecular flexibility index (Phi) is 7.07. The van der Waals surface area contributed by atoms with Crippen molar-refractivity contribution in [2.75, 3.05) is 6.54 Å². The van der Waals surface area contributed by atoms with E-state index in [1.807, 2.05) is 61.5 Å². The molecule has 0 spiro atoms. The molecule has 3 aromatic carbocycles. The molecule has 0 saturated heterocycles. The third kappa shape index (κ3) is 5.34. The van der Waals surface area contributed by atoms with E-state index < -0.39 is 10.0 Å². The van der Waals surface area contributed by atoms with Gasteiger partial charge in [-0.25, -0.2) is 17.8 Å². The third-order valence-corrected chi connectivity index (χ3v) is 6.80. The van der Waals surface area contributed by atoms with Crippen molar-refractivity contribution < 1.29 is 13.2 Å². The second kappa shape index (κ2) is 10.3. The van der Waals surface area contributed by atoms with Crippen molar-refractivity contribution in [2.24, 2.45) is 0 Å². The molecule has 0 fully saturated rings. The molecule has 0 aliphatic heterocycles. The summed E-state index contributed by atoms with van der Waals surface area (Å²) >= 11 is 0. The van der Waals surface area contributed by atoms with Crippen LogP contribution in [0.1, 0.15) is 22.5 Å². The van der Waals surface area contributed by atoms with E-state index in [-0.39, 0.29) is 11.5 Å². The van der Waals surface area contributed by atoms with Crippen molar-refractivity contribution in [1.82, 2.24) is 14.5 Å². The second-order valence-corrected chi connectivity index (χ2v) is 9.43. The Morgan fingerprint density at radius 1 is 0.971 bits per heavy atom. The zero-order valence-electron chi connectivity index (χ0n) is 18.7. The molecule has 7 nitrogen and oxygen atoms in total. The summed E-state index contributed by atoms with van der Waals surface area (Å²) in [6.07, 6.45) is 0.547. The number of aromatic nitrogens is 2. The number of rotatable bonds is 9. The van der Waals surface area contributed by atoms with Crippen molar-refractivity contribution >= 4 is 10.0 Å². The van der Waals surface area contributed by atoms with Gasteiger partial charge in [-0.05, 0) is 55.3 Å². The molecule has 0 aliphatic rings. The van der Waals surface area contributed by atoms with Gasteiger partial charge in [-0.3, -0.25) is 0 Å². The van der Waals surface area contributed by atoms with Crippen LogP contribution in [0.25, 0.3) is 5.69 Å². The Bertz CT molecular complexity index is 1390. The van der Waals surface area contributed by atoms with Crippen LogP contribution in [-0.2, 0) is 23.1 Å². The Morgan fingerprint density at radius 3 is 2.26 bits per heavy atom. The average Bonchev–Trinajstić information content (AvgIpc) is 3.19. The second-order valence-electron chi connectivity index (χ2n) is 7.66. The molecule has 4 aromatic rings. The number of hydrogen-bond donors (Lipinski definition) is 1. The molecule has 1 aromatic heterocycles. The molecule has 1 heterocycles. The molecule has 0 atom stereocenters.